The largest absolute Gasteiger partial charge is 0.451 e. The van der Waals surface area contributed by atoms with E-state index >= 15 is 0 Å². The molecule has 0 spiro atoms. The monoisotopic (exact) mass is 666 g/mol. The van der Waals surface area contributed by atoms with Gasteiger partial charge < -0.3 is 23.8 Å². The minimum absolute atomic E-state index is 0.0228. The maximum absolute atomic E-state index is 14.7. The molecule has 3 aliphatic heterocycles. The van der Waals surface area contributed by atoms with Crippen LogP contribution in [0.3, 0.4) is 0 Å². The Hall–Kier alpha value is -4.56. The molecule has 2 aromatic heterocycles. The molecule has 5 aromatic rings. The molecule has 0 aliphatic carbocycles. The van der Waals surface area contributed by atoms with Gasteiger partial charge in [-0.05, 0) is 74.7 Å². The zero-order valence-electron chi connectivity index (χ0n) is 25.9. The van der Waals surface area contributed by atoms with E-state index in [1.807, 2.05) is 18.2 Å². The number of para-hydroxylation sites is 1. The molecule has 5 heterocycles. The maximum Gasteiger partial charge on any atom is 0.451 e. The smallest absolute Gasteiger partial charge is 0.444 e. The fraction of sp³-hybridized carbons (Fsp3) is 0.382. The van der Waals surface area contributed by atoms with E-state index in [0.717, 1.165) is 55.3 Å². The van der Waals surface area contributed by atoms with Gasteiger partial charge in [0.2, 0.25) is 5.82 Å². The van der Waals surface area contributed by atoms with Gasteiger partial charge in [0.1, 0.15) is 17.5 Å². The van der Waals surface area contributed by atoms with Crippen molar-refractivity contribution in [3.05, 3.63) is 89.0 Å². The number of rotatable bonds is 7. The first-order chi connectivity index (χ1) is 23.0. The SMILES string of the molecule is CC1(c2ccc(F)cc2F)Oc2cccc(C3CCN(Cc4nc5cc(-c6nnc(C(F)(F)F)[nH]6)ccc5n4C[C@@H]4CCO4)CC3)c2O1. The Morgan fingerprint density at radius 2 is 1.79 bits per heavy atom. The van der Waals surface area contributed by atoms with Crippen LogP contribution in [0.1, 0.15) is 54.9 Å². The van der Waals surface area contributed by atoms with Crippen molar-refractivity contribution in [2.24, 2.45) is 0 Å². The number of piperidine rings is 1. The van der Waals surface area contributed by atoms with Gasteiger partial charge in [-0.1, -0.05) is 12.1 Å². The van der Waals surface area contributed by atoms with E-state index in [9.17, 15) is 22.0 Å². The number of alkyl halides is 3. The van der Waals surface area contributed by atoms with Crippen LogP contribution in [0.5, 0.6) is 11.5 Å². The number of likely N-dealkylation sites (tertiary alicyclic amines) is 1. The number of ether oxygens (including phenoxy) is 3. The number of benzene rings is 3. The van der Waals surface area contributed by atoms with Gasteiger partial charge in [-0.15, -0.1) is 10.2 Å². The average Bonchev–Trinajstić information content (AvgIpc) is 3.74. The number of hydrogen-bond donors (Lipinski definition) is 1. The van der Waals surface area contributed by atoms with Gasteiger partial charge in [-0.25, -0.2) is 13.8 Å². The predicted octanol–water partition coefficient (Wildman–Crippen LogP) is 6.93. The molecule has 9 nitrogen and oxygen atoms in total. The average molecular weight is 667 g/mol. The molecular formula is C34H31F5N6O3. The number of nitrogens with zero attached hydrogens (tertiary/aromatic N) is 5. The van der Waals surface area contributed by atoms with E-state index in [2.05, 4.69) is 24.6 Å². The number of nitrogens with one attached hydrogen (secondary N) is 1. The normalized spacial score (nSPS) is 21.6. The molecule has 1 unspecified atom stereocenters. The highest BCUT2D eigenvalue weighted by Gasteiger charge is 2.43. The van der Waals surface area contributed by atoms with Crippen LogP contribution in [0.2, 0.25) is 0 Å². The second kappa shape index (κ2) is 11.5. The summed E-state index contributed by atoms with van der Waals surface area (Å²) in [6.45, 7) is 5.12. The minimum Gasteiger partial charge on any atom is -0.444 e. The summed E-state index contributed by atoms with van der Waals surface area (Å²) in [5, 5.41) is 6.96. The van der Waals surface area contributed by atoms with E-state index in [1.165, 1.54) is 12.1 Å². The van der Waals surface area contributed by atoms with Crippen LogP contribution in [0.4, 0.5) is 22.0 Å². The molecule has 0 radical (unpaired) electrons. The van der Waals surface area contributed by atoms with Crippen molar-refractivity contribution in [2.45, 2.75) is 63.3 Å². The lowest BCUT2D eigenvalue weighted by Crippen LogP contribution is -2.35. The maximum atomic E-state index is 14.7. The zero-order valence-corrected chi connectivity index (χ0v) is 25.9. The summed E-state index contributed by atoms with van der Waals surface area (Å²) in [6, 6.07) is 14.4. The van der Waals surface area contributed by atoms with Crippen LogP contribution in [0, 0.1) is 11.6 Å². The van der Waals surface area contributed by atoms with Crippen molar-refractivity contribution in [2.75, 3.05) is 19.7 Å². The van der Waals surface area contributed by atoms with Crippen LogP contribution in [0.25, 0.3) is 22.4 Å². The molecule has 2 saturated heterocycles. The molecule has 0 amide bonds. The number of halogens is 5. The van der Waals surface area contributed by atoms with Gasteiger partial charge in [0.15, 0.2) is 17.3 Å². The van der Waals surface area contributed by atoms with E-state index < -0.39 is 29.4 Å². The predicted molar refractivity (Wildman–Crippen MR) is 163 cm³/mol. The second-order valence-corrected chi connectivity index (χ2v) is 12.6. The van der Waals surface area contributed by atoms with Gasteiger partial charge >= 0.3 is 6.18 Å². The molecule has 3 aliphatic rings. The van der Waals surface area contributed by atoms with Crippen LogP contribution in [0.15, 0.2) is 54.6 Å². The molecule has 3 aromatic carbocycles. The summed E-state index contributed by atoms with van der Waals surface area (Å²) < 4.78 is 87.9. The molecule has 250 valence electrons. The topological polar surface area (TPSA) is 90.3 Å². The number of H-pyrrole nitrogens is 1. The molecule has 14 heteroatoms. The Balaban J connectivity index is 0.998. The molecule has 8 rings (SSSR count). The van der Waals surface area contributed by atoms with Crippen molar-refractivity contribution in [1.29, 1.82) is 0 Å². The summed E-state index contributed by atoms with van der Waals surface area (Å²) in [5.74, 6) is -1.84. The van der Waals surface area contributed by atoms with Crippen LogP contribution in [-0.4, -0.2) is 55.4 Å². The van der Waals surface area contributed by atoms with E-state index in [4.69, 9.17) is 19.2 Å². The third kappa shape index (κ3) is 5.56. The fourth-order valence-corrected chi connectivity index (χ4v) is 6.84. The van der Waals surface area contributed by atoms with Crippen LogP contribution in [-0.2, 0) is 29.8 Å². The Labute approximate surface area is 271 Å². The first-order valence-corrected chi connectivity index (χ1v) is 15.8. The molecule has 1 N–H and O–H groups in total. The van der Waals surface area contributed by atoms with E-state index in [-0.39, 0.29) is 23.4 Å². The van der Waals surface area contributed by atoms with Crippen molar-refractivity contribution < 1.29 is 36.2 Å². The molecule has 0 saturated carbocycles. The number of imidazole rings is 1. The Kier molecular flexibility index (Phi) is 7.40. The zero-order chi connectivity index (χ0) is 33.2. The first-order valence-electron chi connectivity index (χ1n) is 15.8. The number of fused-ring (bicyclic) bond motifs is 2. The third-order valence-corrected chi connectivity index (χ3v) is 9.46. The molecule has 48 heavy (non-hydrogen) atoms. The molecule has 2 fully saturated rings. The molecule has 2 atom stereocenters. The number of hydrogen-bond acceptors (Lipinski definition) is 7. The Bertz CT molecular complexity index is 2000. The highest BCUT2D eigenvalue weighted by molar-refractivity contribution is 5.81. The van der Waals surface area contributed by atoms with Gasteiger partial charge in [0.25, 0.3) is 5.79 Å². The second-order valence-electron chi connectivity index (χ2n) is 12.6. The summed E-state index contributed by atoms with van der Waals surface area (Å²) in [5.41, 5.74) is 3.09. The highest BCUT2D eigenvalue weighted by Crippen LogP contribution is 2.49. The third-order valence-electron chi connectivity index (χ3n) is 9.46. The van der Waals surface area contributed by atoms with Crippen molar-refractivity contribution >= 4 is 11.0 Å². The van der Waals surface area contributed by atoms with Gasteiger partial charge in [0, 0.05) is 30.7 Å². The number of aromatic amines is 1. The fourth-order valence-electron chi connectivity index (χ4n) is 6.84. The van der Waals surface area contributed by atoms with Crippen molar-refractivity contribution in [3.63, 3.8) is 0 Å². The summed E-state index contributed by atoms with van der Waals surface area (Å²) >= 11 is 0. The Morgan fingerprint density at radius 1 is 0.979 bits per heavy atom. The lowest BCUT2D eigenvalue weighted by Gasteiger charge is -2.33. The molecule has 0 bridgehead atoms. The lowest BCUT2D eigenvalue weighted by atomic mass is 9.88. The van der Waals surface area contributed by atoms with Crippen LogP contribution < -0.4 is 9.47 Å². The standard InChI is InChI=1S/C34H31F5N6O3/c1-33(24-7-6-21(35)16-25(24)36)47-28-4-2-3-23(30(28)48-33)19-9-12-44(13-10-19)18-29-40-26-15-20(31-41-32(43-42-31)34(37,38)39)5-8-27(26)45(29)17-22-11-14-46-22/h2-8,15-16,19,22H,9-14,17-18H2,1H3,(H,41,42,43)/t22-,33?/m0/s1. The van der Waals surface area contributed by atoms with Gasteiger partial charge in [-0.3, -0.25) is 4.90 Å². The first kappa shape index (κ1) is 30.8. The minimum atomic E-state index is -4.62. The summed E-state index contributed by atoms with van der Waals surface area (Å²) in [4.78, 5) is 9.53. The number of aromatic nitrogens is 5. The molecular weight excluding hydrogens is 635 g/mol. The summed E-state index contributed by atoms with van der Waals surface area (Å²) in [6.07, 6.45) is -1.92. The highest BCUT2D eigenvalue weighted by atomic mass is 19.4. The van der Waals surface area contributed by atoms with E-state index in [0.29, 0.717) is 42.3 Å². The Morgan fingerprint density at radius 3 is 2.50 bits per heavy atom. The summed E-state index contributed by atoms with van der Waals surface area (Å²) in [7, 11) is 0. The van der Waals surface area contributed by atoms with Crippen LogP contribution >= 0.6 is 0 Å². The van der Waals surface area contributed by atoms with E-state index in [1.54, 1.807) is 25.1 Å². The van der Waals surface area contributed by atoms with Gasteiger partial charge in [-0.2, -0.15) is 13.2 Å². The van der Waals surface area contributed by atoms with Crippen molar-refractivity contribution in [3.8, 4) is 22.9 Å². The van der Waals surface area contributed by atoms with Crippen molar-refractivity contribution in [1.82, 2.24) is 29.6 Å². The van der Waals surface area contributed by atoms with Gasteiger partial charge in [0.05, 0.1) is 35.8 Å². The lowest BCUT2D eigenvalue weighted by molar-refractivity contribution is -0.144. The quantitative estimate of drug-likeness (QED) is 0.189.